The fourth-order valence-corrected chi connectivity index (χ4v) is 1.99. The summed E-state index contributed by atoms with van der Waals surface area (Å²) in [5, 5.41) is 0. The average molecular weight is 274 g/mol. The summed E-state index contributed by atoms with van der Waals surface area (Å²) in [7, 11) is 3.69. The van der Waals surface area contributed by atoms with Gasteiger partial charge in [-0.1, -0.05) is 30.3 Å². The average Bonchev–Trinajstić information content (AvgIpc) is 2.78. The van der Waals surface area contributed by atoms with Crippen molar-refractivity contribution in [2.75, 3.05) is 27.2 Å². The molecule has 0 saturated carbocycles. The van der Waals surface area contributed by atoms with Crippen LogP contribution in [0.1, 0.15) is 5.56 Å². The molecule has 0 bridgehead atoms. The van der Waals surface area contributed by atoms with Gasteiger partial charge in [-0.3, -0.25) is 9.69 Å². The molecule has 5 heteroatoms. The Labute approximate surface area is 118 Å². The highest BCUT2D eigenvalue weighted by Crippen LogP contribution is 2.14. The maximum Gasteiger partial charge on any atom is 0.410 e. The van der Waals surface area contributed by atoms with E-state index >= 15 is 0 Å². The van der Waals surface area contributed by atoms with Crippen molar-refractivity contribution in [3.8, 4) is 0 Å². The highest BCUT2D eigenvalue weighted by Gasteiger charge is 2.29. The molecule has 106 valence electrons. The van der Waals surface area contributed by atoms with Crippen molar-refractivity contribution < 1.29 is 14.3 Å². The van der Waals surface area contributed by atoms with Crippen LogP contribution in [0.2, 0.25) is 0 Å². The van der Waals surface area contributed by atoms with E-state index in [0.29, 0.717) is 12.1 Å². The second-order valence-corrected chi connectivity index (χ2v) is 4.94. The van der Waals surface area contributed by atoms with Crippen molar-refractivity contribution in [1.82, 2.24) is 9.80 Å². The second kappa shape index (κ2) is 6.23. The molecule has 0 unspecified atom stereocenters. The number of carbonyl (C=O) groups excluding carboxylic acids is 2. The smallest absolute Gasteiger partial charge is 0.410 e. The Morgan fingerprint density at radius 1 is 1.30 bits per heavy atom. The molecular formula is C15H18N2O3. The molecule has 1 amide bonds. The van der Waals surface area contributed by atoms with Crippen LogP contribution in [0, 0.1) is 0 Å². The lowest BCUT2D eigenvalue weighted by molar-refractivity contribution is -0.114. The maximum atomic E-state index is 11.9. The first-order valence-electron chi connectivity index (χ1n) is 6.42. The van der Waals surface area contributed by atoms with Gasteiger partial charge in [-0.25, -0.2) is 4.79 Å². The van der Waals surface area contributed by atoms with Crippen LogP contribution in [-0.4, -0.2) is 48.9 Å². The molecule has 0 aliphatic carbocycles. The van der Waals surface area contributed by atoms with E-state index in [1.807, 2.05) is 44.4 Å². The van der Waals surface area contributed by atoms with E-state index in [9.17, 15) is 9.59 Å². The van der Waals surface area contributed by atoms with Gasteiger partial charge in [0.15, 0.2) is 5.78 Å². The van der Waals surface area contributed by atoms with Gasteiger partial charge in [-0.15, -0.1) is 0 Å². The fraction of sp³-hybridized carbons (Fsp3) is 0.333. The number of hydrogen-bond donors (Lipinski definition) is 0. The van der Waals surface area contributed by atoms with E-state index in [-0.39, 0.29) is 18.9 Å². The molecule has 0 N–H and O–H groups in total. The van der Waals surface area contributed by atoms with Crippen LogP contribution in [0.5, 0.6) is 0 Å². The molecule has 1 fully saturated rings. The number of ether oxygens (including phenoxy) is 1. The van der Waals surface area contributed by atoms with Gasteiger partial charge >= 0.3 is 6.09 Å². The van der Waals surface area contributed by atoms with Gasteiger partial charge in [-0.05, 0) is 5.56 Å². The van der Waals surface area contributed by atoms with Crippen LogP contribution in [0.4, 0.5) is 4.79 Å². The van der Waals surface area contributed by atoms with Crippen molar-refractivity contribution in [2.24, 2.45) is 0 Å². The Morgan fingerprint density at radius 3 is 2.65 bits per heavy atom. The largest absolute Gasteiger partial charge is 0.445 e. The minimum atomic E-state index is -0.454. The summed E-state index contributed by atoms with van der Waals surface area (Å²) in [5.41, 5.74) is 1.56. The Balaban J connectivity index is 1.90. The van der Waals surface area contributed by atoms with E-state index in [2.05, 4.69) is 0 Å². The fourth-order valence-electron chi connectivity index (χ4n) is 1.99. The second-order valence-electron chi connectivity index (χ2n) is 4.94. The van der Waals surface area contributed by atoms with Crippen molar-refractivity contribution in [3.63, 3.8) is 0 Å². The van der Waals surface area contributed by atoms with E-state index in [1.165, 1.54) is 4.90 Å². The Morgan fingerprint density at radius 2 is 2.00 bits per heavy atom. The number of carbonyl (C=O) groups is 2. The number of Topliss-reactive ketones (excluding diaryl/α,β-unsaturated/α-hetero) is 1. The van der Waals surface area contributed by atoms with Crippen LogP contribution in [-0.2, 0) is 16.1 Å². The summed E-state index contributed by atoms with van der Waals surface area (Å²) < 4.78 is 5.21. The first-order chi connectivity index (χ1) is 9.56. The molecule has 0 radical (unpaired) electrons. The van der Waals surface area contributed by atoms with Crippen molar-refractivity contribution in [3.05, 3.63) is 47.7 Å². The van der Waals surface area contributed by atoms with Gasteiger partial charge in [0.1, 0.15) is 6.61 Å². The molecule has 1 heterocycles. The van der Waals surface area contributed by atoms with Crippen molar-refractivity contribution >= 4 is 11.9 Å². The Kier molecular flexibility index (Phi) is 4.40. The third-order valence-corrected chi connectivity index (χ3v) is 2.93. The summed E-state index contributed by atoms with van der Waals surface area (Å²) >= 11 is 0. The van der Waals surface area contributed by atoms with Gasteiger partial charge in [0, 0.05) is 25.9 Å². The summed E-state index contributed by atoms with van der Waals surface area (Å²) in [6.07, 6.45) is 1.29. The van der Waals surface area contributed by atoms with Crippen LogP contribution in [0.15, 0.2) is 42.1 Å². The molecule has 1 aromatic carbocycles. The van der Waals surface area contributed by atoms with Crippen molar-refractivity contribution in [1.29, 1.82) is 0 Å². The number of rotatable bonds is 3. The predicted molar refractivity (Wildman–Crippen MR) is 75.0 cm³/mol. The predicted octanol–water partition coefficient (Wildman–Crippen LogP) is 1.65. The Bertz CT molecular complexity index is 523. The lowest BCUT2D eigenvalue weighted by Crippen LogP contribution is -2.29. The van der Waals surface area contributed by atoms with Gasteiger partial charge in [0.05, 0.1) is 13.1 Å². The quantitative estimate of drug-likeness (QED) is 0.786. The molecule has 0 aromatic heterocycles. The number of likely N-dealkylation sites (tertiary alicyclic amines) is 1. The molecule has 1 aliphatic heterocycles. The highest BCUT2D eigenvalue weighted by molar-refractivity contribution is 6.01. The van der Waals surface area contributed by atoms with Gasteiger partial charge in [0.2, 0.25) is 0 Å². The first kappa shape index (κ1) is 14.1. The van der Waals surface area contributed by atoms with E-state index in [0.717, 1.165) is 5.56 Å². The zero-order valence-corrected chi connectivity index (χ0v) is 11.7. The monoisotopic (exact) mass is 274 g/mol. The third kappa shape index (κ3) is 3.60. The first-order valence-corrected chi connectivity index (χ1v) is 6.42. The normalized spacial score (nSPS) is 16.6. The topological polar surface area (TPSA) is 49.9 Å². The third-order valence-electron chi connectivity index (χ3n) is 2.93. The summed E-state index contributed by atoms with van der Waals surface area (Å²) in [6, 6.07) is 9.46. The summed E-state index contributed by atoms with van der Waals surface area (Å²) in [4.78, 5) is 26.9. The van der Waals surface area contributed by atoms with Crippen LogP contribution >= 0.6 is 0 Å². The Hall–Kier alpha value is -2.30. The lowest BCUT2D eigenvalue weighted by atomic mass is 10.2. The van der Waals surface area contributed by atoms with Gasteiger partial charge in [0.25, 0.3) is 0 Å². The maximum absolute atomic E-state index is 11.9. The molecule has 0 spiro atoms. The van der Waals surface area contributed by atoms with E-state index in [1.54, 1.807) is 11.1 Å². The highest BCUT2D eigenvalue weighted by atomic mass is 16.6. The summed E-state index contributed by atoms with van der Waals surface area (Å²) in [6.45, 7) is 0.620. The molecule has 2 rings (SSSR count). The minimum Gasteiger partial charge on any atom is -0.445 e. The summed E-state index contributed by atoms with van der Waals surface area (Å²) in [5.74, 6) is -0.0321. The van der Waals surface area contributed by atoms with Gasteiger partial charge < -0.3 is 9.64 Å². The molecule has 1 aromatic rings. The minimum absolute atomic E-state index is 0.0321. The molecule has 0 atom stereocenters. The number of ketones is 1. The standard InChI is InChI=1S/C15H18N2O3/c1-16(2)8-13-9-17(10-14(13)18)15(19)20-11-12-6-4-3-5-7-12/h3-8H,9-11H2,1-2H3/b13-8-. The van der Waals surface area contributed by atoms with Crippen LogP contribution in [0.3, 0.4) is 0 Å². The molecule has 1 saturated heterocycles. The molecular weight excluding hydrogens is 256 g/mol. The molecule has 20 heavy (non-hydrogen) atoms. The SMILES string of the molecule is CN(C)/C=C1/CN(C(=O)OCc2ccccc2)CC1=O. The number of benzene rings is 1. The van der Waals surface area contributed by atoms with E-state index in [4.69, 9.17) is 4.74 Å². The van der Waals surface area contributed by atoms with Crippen LogP contribution in [0.25, 0.3) is 0 Å². The zero-order chi connectivity index (χ0) is 14.5. The number of amides is 1. The zero-order valence-electron chi connectivity index (χ0n) is 11.7. The van der Waals surface area contributed by atoms with Crippen LogP contribution < -0.4 is 0 Å². The number of nitrogens with zero attached hydrogens (tertiary/aromatic N) is 2. The molecule has 5 nitrogen and oxygen atoms in total. The van der Waals surface area contributed by atoms with Crippen molar-refractivity contribution in [2.45, 2.75) is 6.61 Å². The number of hydrogen-bond acceptors (Lipinski definition) is 4. The van der Waals surface area contributed by atoms with Gasteiger partial charge in [-0.2, -0.15) is 0 Å². The molecule has 1 aliphatic rings. The lowest BCUT2D eigenvalue weighted by Gasteiger charge is -2.14. The van der Waals surface area contributed by atoms with E-state index < -0.39 is 6.09 Å².